The highest BCUT2D eigenvalue weighted by Crippen LogP contribution is 2.31. The van der Waals surface area contributed by atoms with Gasteiger partial charge in [0.1, 0.15) is 0 Å². The van der Waals surface area contributed by atoms with Gasteiger partial charge in [-0.15, -0.1) is 0 Å². The number of methoxy groups -OCH3 is 2. The maximum Gasteiger partial charge on any atom is 0.255 e. The van der Waals surface area contributed by atoms with Crippen molar-refractivity contribution in [2.45, 2.75) is 13.3 Å². The van der Waals surface area contributed by atoms with Gasteiger partial charge in [-0.2, -0.15) is 0 Å². The molecule has 1 N–H and O–H groups in total. The molecule has 2 aromatic rings. The molecule has 2 aromatic carbocycles. The molecule has 6 nitrogen and oxygen atoms in total. The molecule has 0 aliphatic carbocycles. The van der Waals surface area contributed by atoms with Crippen LogP contribution in [0.3, 0.4) is 0 Å². The SMILES string of the molecule is COc1ccc(NC(=O)c2ccc3c(c2)CCN3C(C)=O)cc1OC. The second-order valence-corrected chi connectivity index (χ2v) is 5.79. The van der Waals surface area contributed by atoms with Crippen LogP contribution >= 0.6 is 0 Å². The highest BCUT2D eigenvalue weighted by Gasteiger charge is 2.23. The monoisotopic (exact) mass is 340 g/mol. The van der Waals surface area contributed by atoms with Crippen molar-refractivity contribution in [2.75, 3.05) is 31.0 Å². The van der Waals surface area contributed by atoms with Crippen molar-refractivity contribution in [1.29, 1.82) is 0 Å². The number of fused-ring (bicyclic) bond motifs is 1. The number of hydrogen-bond acceptors (Lipinski definition) is 4. The molecule has 1 aliphatic rings. The molecule has 6 heteroatoms. The highest BCUT2D eigenvalue weighted by molar-refractivity contribution is 6.05. The molecular formula is C19H20N2O4. The van der Waals surface area contributed by atoms with Crippen LogP contribution in [0.2, 0.25) is 0 Å². The van der Waals surface area contributed by atoms with E-state index in [2.05, 4.69) is 5.32 Å². The number of hydrogen-bond donors (Lipinski definition) is 1. The first-order chi connectivity index (χ1) is 12.0. The summed E-state index contributed by atoms with van der Waals surface area (Å²) in [6, 6.07) is 10.6. The summed E-state index contributed by atoms with van der Waals surface area (Å²) in [4.78, 5) is 25.9. The van der Waals surface area contributed by atoms with Gasteiger partial charge >= 0.3 is 0 Å². The molecular weight excluding hydrogens is 320 g/mol. The topological polar surface area (TPSA) is 67.9 Å². The lowest BCUT2D eigenvalue weighted by molar-refractivity contribution is -0.116. The van der Waals surface area contributed by atoms with E-state index in [0.717, 1.165) is 17.7 Å². The fourth-order valence-corrected chi connectivity index (χ4v) is 2.99. The van der Waals surface area contributed by atoms with Gasteiger partial charge in [-0.3, -0.25) is 9.59 Å². The molecule has 2 amide bonds. The average molecular weight is 340 g/mol. The average Bonchev–Trinajstić information content (AvgIpc) is 3.04. The van der Waals surface area contributed by atoms with E-state index in [0.29, 0.717) is 29.3 Å². The second kappa shape index (κ2) is 6.84. The maximum absolute atomic E-state index is 12.5. The number of nitrogens with zero attached hydrogens (tertiary/aromatic N) is 1. The standard InChI is InChI=1S/C19H20N2O4/c1-12(22)21-9-8-13-10-14(4-6-16(13)21)19(23)20-15-5-7-17(24-2)18(11-15)25-3/h4-7,10-11H,8-9H2,1-3H3,(H,20,23). The Morgan fingerprint density at radius 1 is 1.04 bits per heavy atom. The smallest absolute Gasteiger partial charge is 0.255 e. The summed E-state index contributed by atoms with van der Waals surface area (Å²) in [5, 5.41) is 2.85. The number of rotatable bonds is 4. The predicted molar refractivity (Wildman–Crippen MR) is 95.7 cm³/mol. The quantitative estimate of drug-likeness (QED) is 0.929. The molecule has 0 bridgehead atoms. The van der Waals surface area contributed by atoms with Gasteiger partial charge in [0, 0.05) is 36.5 Å². The highest BCUT2D eigenvalue weighted by atomic mass is 16.5. The maximum atomic E-state index is 12.5. The summed E-state index contributed by atoms with van der Waals surface area (Å²) < 4.78 is 10.4. The Bertz CT molecular complexity index is 832. The number of anilines is 2. The third-order valence-corrected chi connectivity index (χ3v) is 4.26. The fraction of sp³-hybridized carbons (Fsp3) is 0.263. The van der Waals surface area contributed by atoms with Crippen LogP contribution in [-0.2, 0) is 11.2 Å². The van der Waals surface area contributed by atoms with Crippen molar-refractivity contribution in [3.8, 4) is 11.5 Å². The van der Waals surface area contributed by atoms with Gasteiger partial charge < -0.3 is 19.7 Å². The molecule has 0 saturated heterocycles. The zero-order chi connectivity index (χ0) is 18.0. The molecule has 3 rings (SSSR count). The number of carbonyl (C=O) groups excluding carboxylic acids is 2. The predicted octanol–water partition coefficient (Wildman–Crippen LogP) is 2.87. The zero-order valence-corrected chi connectivity index (χ0v) is 14.5. The van der Waals surface area contributed by atoms with E-state index in [-0.39, 0.29) is 11.8 Å². The number of carbonyl (C=O) groups is 2. The lowest BCUT2D eigenvalue weighted by Crippen LogP contribution is -2.25. The van der Waals surface area contributed by atoms with Crippen LogP contribution in [0.4, 0.5) is 11.4 Å². The number of nitrogens with one attached hydrogen (secondary N) is 1. The number of benzene rings is 2. The van der Waals surface area contributed by atoms with Crippen LogP contribution in [0, 0.1) is 0 Å². The summed E-state index contributed by atoms with van der Waals surface area (Å²) in [6.45, 7) is 2.21. The van der Waals surface area contributed by atoms with Gasteiger partial charge in [0.15, 0.2) is 11.5 Å². The van der Waals surface area contributed by atoms with E-state index < -0.39 is 0 Å². The van der Waals surface area contributed by atoms with Gasteiger partial charge in [0.05, 0.1) is 14.2 Å². The summed E-state index contributed by atoms with van der Waals surface area (Å²) in [7, 11) is 3.11. The summed E-state index contributed by atoms with van der Waals surface area (Å²) in [5.41, 5.74) is 3.07. The van der Waals surface area contributed by atoms with E-state index in [9.17, 15) is 9.59 Å². The third kappa shape index (κ3) is 3.28. The van der Waals surface area contributed by atoms with E-state index >= 15 is 0 Å². The van der Waals surface area contributed by atoms with Crippen molar-refractivity contribution in [3.63, 3.8) is 0 Å². The van der Waals surface area contributed by atoms with Crippen LogP contribution in [0.15, 0.2) is 36.4 Å². The Balaban J connectivity index is 1.80. The lowest BCUT2D eigenvalue weighted by Gasteiger charge is -2.15. The zero-order valence-electron chi connectivity index (χ0n) is 14.5. The first-order valence-corrected chi connectivity index (χ1v) is 7.98. The Labute approximate surface area is 146 Å². The molecule has 0 aromatic heterocycles. The summed E-state index contributed by atoms with van der Waals surface area (Å²) in [6.07, 6.45) is 0.756. The van der Waals surface area contributed by atoms with Crippen molar-refractivity contribution in [3.05, 3.63) is 47.5 Å². The first kappa shape index (κ1) is 16.8. The number of ether oxygens (including phenoxy) is 2. The van der Waals surface area contributed by atoms with Gasteiger partial charge in [0.2, 0.25) is 5.91 Å². The van der Waals surface area contributed by atoms with Crippen molar-refractivity contribution in [1.82, 2.24) is 0 Å². The molecule has 0 fully saturated rings. The molecule has 25 heavy (non-hydrogen) atoms. The van der Waals surface area contributed by atoms with Crippen LogP contribution < -0.4 is 19.7 Å². The van der Waals surface area contributed by atoms with Crippen LogP contribution in [-0.4, -0.2) is 32.6 Å². The fourth-order valence-electron chi connectivity index (χ4n) is 2.99. The third-order valence-electron chi connectivity index (χ3n) is 4.26. The molecule has 130 valence electrons. The van der Waals surface area contributed by atoms with E-state index in [1.165, 1.54) is 0 Å². The molecule has 0 saturated carbocycles. The lowest BCUT2D eigenvalue weighted by atomic mass is 10.1. The molecule has 0 unspecified atom stereocenters. The van der Waals surface area contributed by atoms with Crippen molar-refractivity contribution < 1.29 is 19.1 Å². The van der Waals surface area contributed by atoms with Gasteiger partial charge in [-0.25, -0.2) is 0 Å². The van der Waals surface area contributed by atoms with Crippen molar-refractivity contribution >= 4 is 23.2 Å². The largest absolute Gasteiger partial charge is 0.493 e. The normalized spacial score (nSPS) is 12.5. The summed E-state index contributed by atoms with van der Waals surface area (Å²) >= 11 is 0. The van der Waals surface area contributed by atoms with Crippen LogP contribution in [0.25, 0.3) is 0 Å². The van der Waals surface area contributed by atoms with Crippen LogP contribution in [0.1, 0.15) is 22.8 Å². The minimum absolute atomic E-state index is 0.0151. The minimum Gasteiger partial charge on any atom is -0.493 e. The van der Waals surface area contributed by atoms with Gasteiger partial charge in [0.25, 0.3) is 5.91 Å². The van der Waals surface area contributed by atoms with E-state index in [1.54, 1.807) is 50.3 Å². The Morgan fingerprint density at radius 3 is 2.48 bits per heavy atom. The van der Waals surface area contributed by atoms with E-state index in [1.807, 2.05) is 12.1 Å². The molecule has 0 radical (unpaired) electrons. The Hall–Kier alpha value is -3.02. The first-order valence-electron chi connectivity index (χ1n) is 7.98. The number of amides is 2. The molecule has 1 aliphatic heterocycles. The summed E-state index contributed by atoms with van der Waals surface area (Å²) in [5.74, 6) is 0.950. The van der Waals surface area contributed by atoms with Crippen LogP contribution in [0.5, 0.6) is 11.5 Å². The Kier molecular flexibility index (Phi) is 4.61. The van der Waals surface area contributed by atoms with Crippen molar-refractivity contribution in [2.24, 2.45) is 0 Å². The molecule has 0 spiro atoms. The molecule has 0 atom stereocenters. The molecule has 1 heterocycles. The second-order valence-electron chi connectivity index (χ2n) is 5.79. The van der Waals surface area contributed by atoms with Gasteiger partial charge in [-0.05, 0) is 42.3 Å². The van der Waals surface area contributed by atoms with Gasteiger partial charge in [-0.1, -0.05) is 0 Å². The van der Waals surface area contributed by atoms with E-state index in [4.69, 9.17) is 9.47 Å². The minimum atomic E-state index is -0.212. The Morgan fingerprint density at radius 2 is 1.80 bits per heavy atom.